The number of fused-ring (bicyclic) bond motifs is 2. The van der Waals surface area contributed by atoms with Crippen LogP contribution in [0.3, 0.4) is 0 Å². The van der Waals surface area contributed by atoms with Crippen LogP contribution in [0.2, 0.25) is 0 Å². The van der Waals surface area contributed by atoms with E-state index in [4.69, 9.17) is 0 Å². The van der Waals surface area contributed by atoms with Gasteiger partial charge in [-0.05, 0) is 53.4 Å². The molecule has 0 amide bonds. The highest BCUT2D eigenvalue weighted by molar-refractivity contribution is 7.92. The second-order valence-corrected chi connectivity index (χ2v) is 9.72. The SMILES string of the molecule is Cc1ccc(S(=O)(=O)N2CCC=Cc3c2cc2ccccc2c3-c2ccccc2)cc1. The Kier molecular flexibility index (Phi) is 4.87. The van der Waals surface area contributed by atoms with Crippen molar-refractivity contribution in [3.8, 4) is 11.1 Å². The zero-order valence-electron chi connectivity index (χ0n) is 17.3. The van der Waals surface area contributed by atoms with Crippen LogP contribution < -0.4 is 4.31 Å². The van der Waals surface area contributed by atoms with Crippen molar-refractivity contribution in [2.45, 2.75) is 18.2 Å². The first-order valence-corrected chi connectivity index (χ1v) is 11.9. The topological polar surface area (TPSA) is 37.4 Å². The molecule has 0 radical (unpaired) electrons. The van der Waals surface area contributed by atoms with Gasteiger partial charge in [0.05, 0.1) is 10.6 Å². The van der Waals surface area contributed by atoms with Crippen LogP contribution in [0.5, 0.6) is 0 Å². The molecule has 5 rings (SSSR count). The maximum Gasteiger partial charge on any atom is 0.264 e. The van der Waals surface area contributed by atoms with Gasteiger partial charge < -0.3 is 0 Å². The molecule has 0 saturated heterocycles. The first kappa shape index (κ1) is 19.6. The Morgan fingerprint density at radius 3 is 2.32 bits per heavy atom. The summed E-state index contributed by atoms with van der Waals surface area (Å²) in [5, 5.41) is 2.14. The van der Waals surface area contributed by atoms with Crippen molar-refractivity contribution in [2.75, 3.05) is 10.8 Å². The van der Waals surface area contributed by atoms with Gasteiger partial charge in [0.25, 0.3) is 10.0 Å². The first-order chi connectivity index (χ1) is 15.1. The molecule has 0 unspecified atom stereocenters. The number of nitrogens with zero attached hydrogens (tertiary/aromatic N) is 1. The Hall–Kier alpha value is -3.37. The van der Waals surface area contributed by atoms with Crippen LogP contribution in [0.4, 0.5) is 5.69 Å². The summed E-state index contributed by atoms with van der Waals surface area (Å²) in [7, 11) is -3.69. The first-order valence-electron chi connectivity index (χ1n) is 10.4. The molecule has 0 fully saturated rings. The largest absolute Gasteiger partial charge is 0.265 e. The van der Waals surface area contributed by atoms with Gasteiger partial charge in [-0.2, -0.15) is 0 Å². The lowest BCUT2D eigenvalue weighted by molar-refractivity contribution is 0.591. The molecule has 4 aromatic rings. The number of hydrogen-bond donors (Lipinski definition) is 0. The average Bonchev–Trinajstić information content (AvgIpc) is 3.01. The standard InChI is InChI=1S/C27H23NO2S/c1-20-14-16-23(17-15-20)31(29,30)28-18-8-7-13-25-26(28)19-22-11-5-6-12-24(22)27(25)21-9-3-2-4-10-21/h2-7,9-17,19H,8,18H2,1H3. The van der Waals surface area contributed by atoms with E-state index < -0.39 is 10.0 Å². The zero-order chi connectivity index (χ0) is 21.4. The lowest BCUT2D eigenvalue weighted by atomic mass is 9.92. The minimum Gasteiger partial charge on any atom is -0.265 e. The predicted octanol–water partition coefficient (Wildman–Crippen LogP) is 6.43. The van der Waals surface area contributed by atoms with Crippen LogP contribution in [0.15, 0.2) is 95.9 Å². The fourth-order valence-corrected chi connectivity index (χ4v) is 5.73. The minimum atomic E-state index is -3.69. The Morgan fingerprint density at radius 1 is 0.839 bits per heavy atom. The van der Waals surface area contributed by atoms with Gasteiger partial charge in [-0.3, -0.25) is 4.31 Å². The molecular weight excluding hydrogens is 402 g/mol. The fourth-order valence-electron chi connectivity index (χ4n) is 4.24. The summed E-state index contributed by atoms with van der Waals surface area (Å²) in [5.41, 5.74) is 4.85. The van der Waals surface area contributed by atoms with Crippen LogP contribution in [0.25, 0.3) is 28.0 Å². The third kappa shape index (κ3) is 3.43. The van der Waals surface area contributed by atoms with Crippen LogP contribution in [-0.4, -0.2) is 15.0 Å². The van der Waals surface area contributed by atoms with Crippen molar-refractivity contribution >= 4 is 32.6 Å². The summed E-state index contributed by atoms with van der Waals surface area (Å²) in [5.74, 6) is 0. The second kappa shape index (κ2) is 7.71. The molecule has 0 spiro atoms. The lowest BCUT2D eigenvalue weighted by Crippen LogP contribution is -2.32. The van der Waals surface area contributed by atoms with Gasteiger partial charge in [-0.1, -0.05) is 84.4 Å². The zero-order valence-corrected chi connectivity index (χ0v) is 18.1. The number of aryl methyl sites for hydroxylation is 1. The molecular formula is C27H23NO2S. The van der Waals surface area contributed by atoms with Crippen LogP contribution >= 0.6 is 0 Å². The van der Waals surface area contributed by atoms with E-state index in [-0.39, 0.29) is 0 Å². The highest BCUT2D eigenvalue weighted by atomic mass is 32.2. The highest BCUT2D eigenvalue weighted by Crippen LogP contribution is 2.42. The van der Waals surface area contributed by atoms with Crippen LogP contribution in [0, 0.1) is 6.92 Å². The maximum absolute atomic E-state index is 13.7. The third-order valence-corrected chi connectivity index (χ3v) is 7.62. The molecule has 4 aromatic carbocycles. The van der Waals surface area contributed by atoms with Gasteiger partial charge in [0.2, 0.25) is 0 Å². The molecule has 0 N–H and O–H groups in total. The summed E-state index contributed by atoms with van der Waals surface area (Å²) in [4.78, 5) is 0.320. The van der Waals surface area contributed by atoms with E-state index in [0.717, 1.165) is 38.7 Å². The molecule has 3 nitrogen and oxygen atoms in total. The molecule has 154 valence electrons. The molecule has 31 heavy (non-hydrogen) atoms. The van der Waals surface area contributed by atoms with Crippen LogP contribution in [0.1, 0.15) is 17.5 Å². The van der Waals surface area contributed by atoms with Gasteiger partial charge in [0, 0.05) is 12.1 Å². The summed E-state index contributed by atoms with van der Waals surface area (Å²) in [6.45, 7) is 2.37. The number of benzene rings is 4. The maximum atomic E-state index is 13.7. The van der Waals surface area contributed by atoms with Gasteiger partial charge in [0.15, 0.2) is 0 Å². The van der Waals surface area contributed by atoms with Crippen molar-refractivity contribution < 1.29 is 8.42 Å². The second-order valence-electron chi connectivity index (χ2n) is 7.85. The number of sulfonamides is 1. The summed E-state index contributed by atoms with van der Waals surface area (Å²) in [6, 6.07) is 27.5. The summed E-state index contributed by atoms with van der Waals surface area (Å²) < 4.78 is 29.0. The third-order valence-electron chi connectivity index (χ3n) is 5.79. The van der Waals surface area contributed by atoms with Gasteiger partial charge in [-0.15, -0.1) is 0 Å². The summed E-state index contributed by atoms with van der Waals surface area (Å²) >= 11 is 0. The molecule has 1 aliphatic heterocycles. The Morgan fingerprint density at radius 2 is 1.55 bits per heavy atom. The monoisotopic (exact) mass is 425 g/mol. The molecule has 0 atom stereocenters. The molecule has 1 heterocycles. The smallest absolute Gasteiger partial charge is 0.264 e. The van der Waals surface area contributed by atoms with E-state index in [1.165, 1.54) is 0 Å². The van der Waals surface area contributed by atoms with Crippen LogP contribution in [-0.2, 0) is 10.0 Å². The number of rotatable bonds is 3. The van der Waals surface area contributed by atoms with Crippen molar-refractivity contribution in [1.82, 2.24) is 0 Å². The van der Waals surface area contributed by atoms with E-state index in [2.05, 4.69) is 30.4 Å². The van der Waals surface area contributed by atoms with Crippen molar-refractivity contribution in [2.24, 2.45) is 0 Å². The molecule has 0 aromatic heterocycles. The Balaban J connectivity index is 1.80. The average molecular weight is 426 g/mol. The lowest BCUT2D eigenvalue weighted by Gasteiger charge is -2.26. The van der Waals surface area contributed by atoms with Crippen molar-refractivity contribution in [3.63, 3.8) is 0 Å². The van der Waals surface area contributed by atoms with Crippen molar-refractivity contribution in [1.29, 1.82) is 0 Å². The fraction of sp³-hybridized carbons (Fsp3) is 0.111. The molecule has 1 aliphatic rings. The van der Waals surface area contributed by atoms with Gasteiger partial charge in [-0.25, -0.2) is 8.42 Å². The molecule has 0 bridgehead atoms. The minimum absolute atomic E-state index is 0.320. The quantitative estimate of drug-likeness (QED) is 0.379. The predicted molar refractivity (Wildman–Crippen MR) is 129 cm³/mol. The highest BCUT2D eigenvalue weighted by Gasteiger charge is 2.29. The van der Waals surface area contributed by atoms with Gasteiger partial charge >= 0.3 is 0 Å². The van der Waals surface area contributed by atoms with Crippen molar-refractivity contribution in [3.05, 3.63) is 102 Å². The Bertz CT molecular complexity index is 1390. The number of hydrogen-bond acceptors (Lipinski definition) is 2. The molecule has 0 saturated carbocycles. The van der Waals surface area contributed by atoms with E-state index in [9.17, 15) is 8.42 Å². The van der Waals surface area contributed by atoms with E-state index >= 15 is 0 Å². The molecule has 4 heteroatoms. The molecule has 0 aliphatic carbocycles. The Labute approximate surface area is 183 Å². The van der Waals surface area contributed by atoms with E-state index in [0.29, 0.717) is 17.9 Å². The normalized spacial score (nSPS) is 13.8. The van der Waals surface area contributed by atoms with Gasteiger partial charge in [0.1, 0.15) is 0 Å². The van der Waals surface area contributed by atoms with E-state index in [1.807, 2.05) is 61.5 Å². The number of anilines is 1. The summed E-state index contributed by atoms with van der Waals surface area (Å²) in [6.07, 6.45) is 4.81. The van der Waals surface area contributed by atoms with E-state index in [1.54, 1.807) is 16.4 Å².